The van der Waals surface area contributed by atoms with Gasteiger partial charge in [-0.25, -0.2) is 4.98 Å². The van der Waals surface area contributed by atoms with Gasteiger partial charge in [-0.2, -0.15) is 0 Å². The maximum Gasteiger partial charge on any atom is 0.126 e. The number of hydrogen-bond acceptors (Lipinski definition) is 3. The predicted octanol–water partition coefficient (Wildman–Crippen LogP) is 2.23. The molecule has 0 aliphatic carbocycles. The molecule has 0 aliphatic rings. The highest BCUT2D eigenvalue weighted by Gasteiger charge is 2.23. The number of rotatable bonds is 3. The molecule has 0 bridgehead atoms. The van der Waals surface area contributed by atoms with Gasteiger partial charge in [-0.1, -0.05) is 6.07 Å². The monoisotopic (exact) mass is 230 g/mol. The molecule has 2 heterocycles. The lowest BCUT2D eigenvalue weighted by Crippen LogP contribution is -2.34. The van der Waals surface area contributed by atoms with E-state index in [0.717, 1.165) is 22.9 Å². The van der Waals surface area contributed by atoms with Gasteiger partial charge in [0.05, 0.1) is 11.2 Å². The summed E-state index contributed by atoms with van der Waals surface area (Å²) in [5.74, 6) is 0.929. The Bertz CT molecular complexity index is 499. The molecule has 2 aromatic heterocycles. The Kier molecular flexibility index (Phi) is 2.98. The summed E-state index contributed by atoms with van der Waals surface area (Å²) >= 11 is 0. The molecule has 0 amide bonds. The molecule has 0 saturated heterocycles. The van der Waals surface area contributed by atoms with Crippen LogP contribution in [0.5, 0.6) is 0 Å². The summed E-state index contributed by atoms with van der Waals surface area (Å²) in [6, 6.07) is 5.85. The SMILES string of the molecule is CNC(C)(C)c1nc(-c2ccccn2)c(C)[nH]1. The Labute approximate surface area is 102 Å². The van der Waals surface area contributed by atoms with E-state index in [0.29, 0.717) is 0 Å². The van der Waals surface area contributed by atoms with Crippen molar-refractivity contribution in [2.75, 3.05) is 7.05 Å². The van der Waals surface area contributed by atoms with Gasteiger partial charge in [-0.3, -0.25) is 4.98 Å². The quantitative estimate of drug-likeness (QED) is 0.850. The minimum absolute atomic E-state index is 0.169. The van der Waals surface area contributed by atoms with E-state index in [2.05, 4.69) is 34.1 Å². The average molecular weight is 230 g/mol. The number of aromatic amines is 1. The number of nitrogens with zero attached hydrogens (tertiary/aromatic N) is 2. The zero-order chi connectivity index (χ0) is 12.5. The normalized spacial score (nSPS) is 11.8. The Morgan fingerprint density at radius 1 is 1.29 bits per heavy atom. The van der Waals surface area contributed by atoms with Crippen LogP contribution in [-0.4, -0.2) is 22.0 Å². The molecule has 17 heavy (non-hydrogen) atoms. The summed E-state index contributed by atoms with van der Waals surface area (Å²) < 4.78 is 0. The lowest BCUT2D eigenvalue weighted by molar-refractivity contribution is 0.420. The minimum atomic E-state index is -0.169. The molecular formula is C13H18N4. The van der Waals surface area contributed by atoms with E-state index in [4.69, 9.17) is 0 Å². The van der Waals surface area contributed by atoms with Gasteiger partial charge < -0.3 is 10.3 Å². The van der Waals surface area contributed by atoms with E-state index in [1.165, 1.54) is 0 Å². The number of pyridine rings is 1. The summed E-state index contributed by atoms with van der Waals surface area (Å²) in [5.41, 5.74) is 2.70. The maximum atomic E-state index is 4.64. The lowest BCUT2D eigenvalue weighted by Gasteiger charge is -2.20. The van der Waals surface area contributed by atoms with Crippen molar-refractivity contribution >= 4 is 0 Å². The third-order valence-corrected chi connectivity index (χ3v) is 3.01. The number of aromatic nitrogens is 3. The molecular weight excluding hydrogens is 212 g/mol. The van der Waals surface area contributed by atoms with Crippen molar-refractivity contribution < 1.29 is 0 Å². The van der Waals surface area contributed by atoms with Gasteiger partial charge in [-0.05, 0) is 40.0 Å². The van der Waals surface area contributed by atoms with Crippen molar-refractivity contribution in [1.82, 2.24) is 20.3 Å². The molecule has 90 valence electrons. The van der Waals surface area contributed by atoms with Gasteiger partial charge in [0.2, 0.25) is 0 Å². The van der Waals surface area contributed by atoms with Crippen molar-refractivity contribution in [3.63, 3.8) is 0 Å². The molecule has 4 nitrogen and oxygen atoms in total. The second-order valence-electron chi connectivity index (χ2n) is 4.65. The average Bonchev–Trinajstić information content (AvgIpc) is 2.73. The Balaban J connectivity index is 2.45. The van der Waals surface area contributed by atoms with Gasteiger partial charge in [0.15, 0.2) is 0 Å². The van der Waals surface area contributed by atoms with Crippen LogP contribution >= 0.6 is 0 Å². The highest BCUT2D eigenvalue weighted by molar-refractivity contribution is 5.57. The second kappa shape index (κ2) is 4.30. The van der Waals surface area contributed by atoms with E-state index in [1.807, 2.05) is 32.2 Å². The summed E-state index contributed by atoms with van der Waals surface area (Å²) in [4.78, 5) is 12.3. The third kappa shape index (κ3) is 2.22. The molecule has 4 heteroatoms. The smallest absolute Gasteiger partial charge is 0.126 e. The van der Waals surface area contributed by atoms with Crippen molar-refractivity contribution in [3.05, 3.63) is 35.9 Å². The Morgan fingerprint density at radius 2 is 2.06 bits per heavy atom. The molecule has 2 aromatic rings. The fourth-order valence-corrected chi connectivity index (χ4v) is 1.63. The van der Waals surface area contributed by atoms with E-state index in [9.17, 15) is 0 Å². The first kappa shape index (κ1) is 11.8. The largest absolute Gasteiger partial charge is 0.344 e. The van der Waals surface area contributed by atoms with Gasteiger partial charge >= 0.3 is 0 Å². The molecule has 0 atom stereocenters. The first-order chi connectivity index (χ1) is 8.04. The first-order valence-electron chi connectivity index (χ1n) is 5.72. The molecule has 0 aromatic carbocycles. The Hall–Kier alpha value is -1.68. The molecule has 2 rings (SSSR count). The highest BCUT2D eigenvalue weighted by atomic mass is 15.1. The minimum Gasteiger partial charge on any atom is -0.344 e. The highest BCUT2D eigenvalue weighted by Crippen LogP contribution is 2.23. The Morgan fingerprint density at radius 3 is 2.65 bits per heavy atom. The molecule has 0 unspecified atom stereocenters. The van der Waals surface area contributed by atoms with Gasteiger partial charge in [0.25, 0.3) is 0 Å². The van der Waals surface area contributed by atoms with Crippen LogP contribution < -0.4 is 5.32 Å². The standard InChI is InChI=1S/C13H18N4/c1-9-11(10-7-5-6-8-15-10)17-12(16-9)13(2,3)14-4/h5-8,14H,1-4H3,(H,16,17). The molecule has 0 spiro atoms. The molecule has 0 fully saturated rings. The predicted molar refractivity (Wildman–Crippen MR) is 68.6 cm³/mol. The van der Waals surface area contributed by atoms with E-state index < -0.39 is 0 Å². The zero-order valence-electron chi connectivity index (χ0n) is 10.7. The topological polar surface area (TPSA) is 53.6 Å². The van der Waals surface area contributed by atoms with Crippen LogP contribution in [0.2, 0.25) is 0 Å². The maximum absolute atomic E-state index is 4.64. The van der Waals surface area contributed by atoms with Crippen LogP contribution in [-0.2, 0) is 5.54 Å². The summed E-state index contributed by atoms with van der Waals surface area (Å²) in [5, 5.41) is 3.24. The second-order valence-corrected chi connectivity index (χ2v) is 4.65. The lowest BCUT2D eigenvalue weighted by atomic mass is 10.1. The van der Waals surface area contributed by atoms with Gasteiger partial charge in [0.1, 0.15) is 11.5 Å². The fourth-order valence-electron chi connectivity index (χ4n) is 1.63. The summed E-state index contributed by atoms with van der Waals surface area (Å²) in [6.45, 7) is 6.20. The third-order valence-electron chi connectivity index (χ3n) is 3.01. The molecule has 0 aliphatic heterocycles. The van der Waals surface area contributed by atoms with Crippen LogP contribution in [0.4, 0.5) is 0 Å². The van der Waals surface area contributed by atoms with Crippen molar-refractivity contribution in [3.8, 4) is 11.4 Å². The van der Waals surface area contributed by atoms with Crippen LogP contribution in [0.15, 0.2) is 24.4 Å². The number of H-pyrrole nitrogens is 1. The number of imidazole rings is 1. The summed E-state index contributed by atoms with van der Waals surface area (Å²) in [6.07, 6.45) is 1.78. The number of nitrogens with one attached hydrogen (secondary N) is 2. The van der Waals surface area contributed by atoms with Gasteiger partial charge in [-0.15, -0.1) is 0 Å². The van der Waals surface area contributed by atoms with Gasteiger partial charge in [0, 0.05) is 11.9 Å². The number of hydrogen-bond donors (Lipinski definition) is 2. The molecule has 2 N–H and O–H groups in total. The van der Waals surface area contributed by atoms with E-state index >= 15 is 0 Å². The van der Waals surface area contributed by atoms with Crippen molar-refractivity contribution in [2.24, 2.45) is 0 Å². The summed E-state index contributed by atoms with van der Waals surface area (Å²) in [7, 11) is 1.93. The van der Waals surface area contributed by atoms with Crippen molar-refractivity contribution in [1.29, 1.82) is 0 Å². The zero-order valence-corrected chi connectivity index (χ0v) is 10.7. The fraction of sp³-hybridized carbons (Fsp3) is 0.385. The van der Waals surface area contributed by atoms with E-state index in [-0.39, 0.29) is 5.54 Å². The molecule has 0 radical (unpaired) electrons. The van der Waals surface area contributed by atoms with Crippen molar-refractivity contribution in [2.45, 2.75) is 26.3 Å². The van der Waals surface area contributed by atoms with Crippen LogP contribution in [0.3, 0.4) is 0 Å². The van der Waals surface area contributed by atoms with Crippen LogP contribution in [0, 0.1) is 6.92 Å². The van der Waals surface area contributed by atoms with E-state index in [1.54, 1.807) is 6.20 Å². The first-order valence-corrected chi connectivity index (χ1v) is 5.72. The number of aryl methyl sites for hydroxylation is 1. The molecule has 0 saturated carbocycles. The van der Waals surface area contributed by atoms with Crippen LogP contribution in [0.1, 0.15) is 25.4 Å². The van der Waals surface area contributed by atoms with Crippen LogP contribution in [0.25, 0.3) is 11.4 Å².